The number of amides is 1. The number of aliphatic carboxylic acids is 1. The molecular weight excluding hydrogens is 294 g/mol. The second-order valence-electron chi connectivity index (χ2n) is 4.42. The highest BCUT2D eigenvalue weighted by molar-refractivity contribution is 7.08. The maximum absolute atomic E-state index is 12.0. The van der Waals surface area contributed by atoms with E-state index >= 15 is 0 Å². The van der Waals surface area contributed by atoms with Crippen LogP contribution >= 0.6 is 11.5 Å². The molecule has 0 saturated carbocycles. The number of aromatic hydroxyl groups is 1. The summed E-state index contributed by atoms with van der Waals surface area (Å²) in [5, 5.41) is 24.6. The molecule has 2 aromatic rings. The quantitative estimate of drug-likeness (QED) is 0.759. The molecule has 21 heavy (non-hydrogen) atoms. The monoisotopic (exact) mass is 307 g/mol. The van der Waals surface area contributed by atoms with Crippen molar-refractivity contribution in [3.63, 3.8) is 0 Å². The van der Waals surface area contributed by atoms with Crippen LogP contribution in [0.2, 0.25) is 0 Å². The minimum atomic E-state index is -1.13. The van der Waals surface area contributed by atoms with Crippen LogP contribution in [-0.2, 0) is 11.2 Å². The molecule has 1 aromatic carbocycles. The second-order valence-corrected chi connectivity index (χ2v) is 5.18. The molecule has 1 atom stereocenters. The Morgan fingerprint density at radius 1 is 1.33 bits per heavy atom. The summed E-state index contributed by atoms with van der Waals surface area (Å²) in [5.74, 6) is -1.54. The largest absolute Gasteiger partial charge is 0.508 e. The number of hydrogen-bond acceptors (Lipinski definition) is 6. The van der Waals surface area contributed by atoms with Crippen LogP contribution in [0, 0.1) is 6.92 Å². The minimum absolute atomic E-state index is 0.0982. The highest BCUT2D eigenvalue weighted by Crippen LogP contribution is 2.13. The zero-order chi connectivity index (χ0) is 15.4. The summed E-state index contributed by atoms with van der Waals surface area (Å²) in [5.41, 5.74) is 1.16. The lowest BCUT2D eigenvalue weighted by atomic mass is 10.1. The Labute approximate surface area is 124 Å². The van der Waals surface area contributed by atoms with Gasteiger partial charge < -0.3 is 15.5 Å². The van der Waals surface area contributed by atoms with Gasteiger partial charge in [0, 0.05) is 6.42 Å². The number of nitrogens with zero attached hydrogens (tertiary/aromatic N) is 2. The van der Waals surface area contributed by atoms with E-state index in [0.29, 0.717) is 16.1 Å². The van der Waals surface area contributed by atoms with Crippen LogP contribution in [0.4, 0.5) is 0 Å². The Hall–Kier alpha value is -2.48. The zero-order valence-corrected chi connectivity index (χ0v) is 11.9. The molecule has 0 aliphatic carbocycles. The Morgan fingerprint density at radius 2 is 2.00 bits per heavy atom. The molecule has 0 radical (unpaired) electrons. The molecule has 0 aliphatic heterocycles. The first-order valence-electron chi connectivity index (χ1n) is 6.08. The summed E-state index contributed by atoms with van der Waals surface area (Å²) in [6.45, 7) is 1.63. The number of nitrogens with one attached hydrogen (secondary N) is 1. The van der Waals surface area contributed by atoms with E-state index in [4.69, 9.17) is 0 Å². The van der Waals surface area contributed by atoms with Crippen molar-refractivity contribution in [2.45, 2.75) is 19.4 Å². The Bertz CT molecular complexity index is 654. The maximum Gasteiger partial charge on any atom is 0.326 e. The number of carbonyl (C=O) groups excluding carboxylic acids is 1. The van der Waals surface area contributed by atoms with Gasteiger partial charge >= 0.3 is 5.97 Å². The predicted molar refractivity (Wildman–Crippen MR) is 75.3 cm³/mol. The topological polar surface area (TPSA) is 112 Å². The van der Waals surface area contributed by atoms with Gasteiger partial charge in [0.2, 0.25) is 0 Å². The average Bonchev–Trinajstić information content (AvgIpc) is 2.86. The van der Waals surface area contributed by atoms with Gasteiger partial charge in [0.05, 0.1) is 5.69 Å². The van der Waals surface area contributed by atoms with Crippen molar-refractivity contribution in [1.82, 2.24) is 14.9 Å². The van der Waals surface area contributed by atoms with E-state index in [9.17, 15) is 19.8 Å². The fourth-order valence-electron chi connectivity index (χ4n) is 1.73. The Kier molecular flexibility index (Phi) is 4.49. The number of benzene rings is 1. The fourth-order valence-corrected chi connectivity index (χ4v) is 2.29. The molecule has 1 aromatic heterocycles. The molecule has 1 heterocycles. The molecule has 0 spiro atoms. The van der Waals surface area contributed by atoms with Gasteiger partial charge in [-0.2, -0.15) is 0 Å². The first kappa shape index (κ1) is 14.9. The molecule has 0 fully saturated rings. The molecular formula is C13H13N3O4S. The lowest BCUT2D eigenvalue weighted by molar-refractivity contribution is -0.139. The summed E-state index contributed by atoms with van der Waals surface area (Å²) in [4.78, 5) is 23.6. The van der Waals surface area contributed by atoms with E-state index in [2.05, 4.69) is 14.9 Å². The van der Waals surface area contributed by atoms with Crippen LogP contribution in [-0.4, -0.2) is 37.7 Å². The van der Waals surface area contributed by atoms with Crippen LogP contribution in [0.25, 0.3) is 0 Å². The van der Waals surface area contributed by atoms with Gasteiger partial charge in [-0.3, -0.25) is 4.79 Å². The van der Waals surface area contributed by atoms with Gasteiger partial charge in [0.15, 0.2) is 0 Å². The van der Waals surface area contributed by atoms with Crippen LogP contribution in [0.1, 0.15) is 20.9 Å². The Balaban J connectivity index is 2.09. The van der Waals surface area contributed by atoms with E-state index < -0.39 is 17.9 Å². The third-order valence-corrected chi connectivity index (χ3v) is 3.66. The number of hydrogen-bond donors (Lipinski definition) is 3. The summed E-state index contributed by atoms with van der Waals surface area (Å²) in [6.07, 6.45) is 0.118. The smallest absolute Gasteiger partial charge is 0.326 e. The van der Waals surface area contributed by atoms with Gasteiger partial charge in [-0.15, -0.1) is 5.10 Å². The maximum atomic E-state index is 12.0. The van der Waals surface area contributed by atoms with Crippen molar-refractivity contribution >= 4 is 23.4 Å². The summed E-state index contributed by atoms with van der Waals surface area (Å²) < 4.78 is 3.64. The van der Waals surface area contributed by atoms with Gasteiger partial charge in [-0.05, 0) is 36.2 Å². The van der Waals surface area contributed by atoms with Crippen LogP contribution in [0.15, 0.2) is 24.3 Å². The Morgan fingerprint density at radius 3 is 2.52 bits per heavy atom. The standard InChI is InChI=1S/C13H13N3O4S/c1-7-11(21-16-15-7)12(18)14-10(13(19)20)6-8-2-4-9(17)5-3-8/h2-5,10,17H,6H2,1H3,(H,14,18)(H,19,20)/t10-/m0/s1. The third-order valence-electron chi connectivity index (χ3n) is 2.84. The highest BCUT2D eigenvalue weighted by Gasteiger charge is 2.23. The molecule has 0 bridgehead atoms. The molecule has 7 nitrogen and oxygen atoms in total. The van der Waals surface area contributed by atoms with Crippen molar-refractivity contribution in [2.24, 2.45) is 0 Å². The number of aryl methyl sites for hydroxylation is 1. The van der Waals surface area contributed by atoms with E-state index in [1.807, 2.05) is 0 Å². The van der Waals surface area contributed by atoms with Crippen molar-refractivity contribution < 1.29 is 19.8 Å². The predicted octanol–water partition coefficient (Wildman–Crippen LogP) is 0.978. The number of rotatable bonds is 5. The summed E-state index contributed by atoms with van der Waals surface area (Å²) in [6, 6.07) is 5.08. The number of phenols is 1. The van der Waals surface area contributed by atoms with Gasteiger partial charge in [-0.25, -0.2) is 4.79 Å². The third kappa shape index (κ3) is 3.76. The molecule has 0 unspecified atom stereocenters. The number of carboxylic acid groups (broad SMARTS) is 1. The van der Waals surface area contributed by atoms with Crippen molar-refractivity contribution in [1.29, 1.82) is 0 Å². The normalized spacial score (nSPS) is 11.9. The summed E-state index contributed by atoms with van der Waals surface area (Å²) in [7, 11) is 0. The van der Waals surface area contributed by atoms with Crippen molar-refractivity contribution in [2.75, 3.05) is 0 Å². The lowest BCUT2D eigenvalue weighted by Gasteiger charge is -2.14. The molecule has 110 valence electrons. The second kappa shape index (κ2) is 6.31. The molecule has 2 rings (SSSR count). The minimum Gasteiger partial charge on any atom is -0.508 e. The molecule has 0 aliphatic rings. The molecule has 0 saturated heterocycles. The first-order valence-corrected chi connectivity index (χ1v) is 6.85. The highest BCUT2D eigenvalue weighted by atomic mass is 32.1. The summed E-state index contributed by atoms with van der Waals surface area (Å²) >= 11 is 0.920. The number of carboxylic acids is 1. The number of aromatic nitrogens is 2. The fraction of sp³-hybridized carbons (Fsp3) is 0.231. The first-order chi connectivity index (χ1) is 9.97. The SMILES string of the molecule is Cc1nnsc1C(=O)N[C@@H](Cc1ccc(O)cc1)C(=O)O. The molecule has 3 N–H and O–H groups in total. The van der Waals surface area contributed by atoms with Crippen LogP contribution < -0.4 is 5.32 Å². The van der Waals surface area contributed by atoms with Crippen LogP contribution in [0.3, 0.4) is 0 Å². The van der Waals surface area contributed by atoms with E-state index in [1.165, 1.54) is 12.1 Å². The van der Waals surface area contributed by atoms with Gasteiger partial charge in [0.1, 0.15) is 16.7 Å². The average molecular weight is 307 g/mol. The molecule has 1 amide bonds. The molecule has 8 heteroatoms. The van der Waals surface area contributed by atoms with E-state index in [1.54, 1.807) is 19.1 Å². The number of phenolic OH excluding ortho intramolecular Hbond substituents is 1. The van der Waals surface area contributed by atoms with Gasteiger partial charge in [-0.1, -0.05) is 16.6 Å². The van der Waals surface area contributed by atoms with E-state index in [0.717, 1.165) is 11.5 Å². The lowest BCUT2D eigenvalue weighted by Crippen LogP contribution is -2.42. The van der Waals surface area contributed by atoms with Gasteiger partial charge in [0.25, 0.3) is 5.91 Å². The zero-order valence-electron chi connectivity index (χ0n) is 11.1. The van der Waals surface area contributed by atoms with Crippen molar-refractivity contribution in [3.05, 3.63) is 40.4 Å². The van der Waals surface area contributed by atoms with E-state index in [-0.39, 0.29) is 12.2 Å². The number of carbonyl (C=O) groups is 2. The van der Waals surface area contributed by atoms with Crippen molar-refractivity contribution in [3.8, 4) is 5.75 Å². The van der Waals surface area contributed by atoms with Crippen LogP contribution in [0.5, 0.6) is 5.75 Å².